The molecule has 0 atom stereocenters. The van der Waals surface area contributed by atoms with Crippen molar-refractivity contribution >= 4 is 17.3 Å². The Morgan fingerprint density at radius 3 is 2.08 bits per heavy atom. The Kier molecular flexibility index (Phi) is 3.70. The second kappa shape index (κ2) is 5.79. The Hall–Kier alpha value is -2.51. The lowest BCUT2D eigenvalue weighted by atomic mass is 9.55. The summed E-state index contributed by atoms with van der Waals surface area (Å²) in [6.45, 7) is 0. The summed E-state index contributed by atoms with van der Waals surface area (Å²) in [4.78, 5) is 33.1. The summed E-state index contributed by atoms with van der Waals surface area (Å²) in [6, 6.07) is 3.03. The van der Waals surface area contributed by atoms with Crippen molar-refractivity contribution in [2.24, 2.45) is 23.7 Å². The normalized spacial score (nSPS) is 32.4. The fourth-order valence-corrected chi connectivity index (χ4v) is 5.21. The van der Waals surface area contributed by atoms with Gasteiger partial charge in [-0.15, -0.1) is 0 Å². The molecule has 0 heterocycles. The lowest BCUT2D eigenvalue weighted by molar-refractivity contribution is -0.394. The molecule has 0 unspecified atom stereocenters. The van der Waals surface area contributed by atoms with E-state index < -0.39 is 27.2 Å². The molecule has 1 aromatic rings. The van der Waals surface area contributed by atoms with Crippen LogP contribution in [0.1, 0.15) is 42.5 Å². The minimum atomic E-state index is -0.777. The van der Waals surface area contributed by atoms with Gasteiger partial charge < -0.3 is 4.74 Å². The summed E-state index contributed by atoms with van der Waals surface area (Å²) in [5.41, 5.74) is -1.22. The van der Waals surface area contributed by atoms with E-state index in [1.54, 1.807) is 0 Å². The first-order valence-corrected chi connectivity index (χ1v) is 8.56. The molecule has 4 bridgehead atoms. The predicted molar refractivity (Wildman–Crippen MR) is 86.0 cm³/mol. The van der Waals surface area contributed by atoms with Gasteiger partial charge in [0.15, 0.2) is 0 Å². The third-order valence-corrected chi connectivity index (χ3v) is 5.99. The van der Waals surface area contributed by atoms with Crippen LogP contribution in [0.2, 0.25) is 0 Å². The minimum Gasteiger partial charge on any atom is -0.458 e. The highest BCUT2D eigenvalue weighted by atomic mass is 16.6. The zero-order chi connectivity index (χ0) is 17.7. The molecule has 4 aliphatic carbocycles. The molecule has 0 N–H and O–H groups in total. The fourth-order valence-electron chi connectivity index (χ4n) is 5.21. The first kappa shape index (κ1) is 16.0. The zero-order valence-electron chi connectivity index (χ0n) is 13.5. The molecule has 0 amide bonds. The average molecular weight is 346 g/mol. The summed E-state index contributed by atoms with van der Waals surface area (Å²) < 4.78 is 5.69. The van der Waals surface area contributed by atoms with E-state index >= 15 is 0 Å². The van der Waals surface area contributed by atoms with Crippen LogP contribution in [-0.2, 0) is 4.74 Å². The van der Waals surface area contributed by atoms with Gasteiger partial charge in [-0.1, -0.05) is 0 Å². The first-order valence-electron chi connectivity index (χ1n) is 8.56. The van der Waals surface area contributed by atoms with Crippen molar-refractivity contribution in [1.29, 1.82) is 0 Å². The number of carbonyl (C=O) groups excluding carboxylic acids is 1. The van der Waals surface area contributed by atoms with Crippen LogP contribution in [0.5, 0.6) is 0 Å². The van der Waals surface area contributed by atoms with Crippen molar-refractivity contribution in [3.05, 3.63) is 44.0 Å². The smallest absolute Gasteiger partial charge is 0.345 e. The van der Waals surface area contributed by atoms with Gasteiger partial charge in [-0.2, -0.15) is 0 Å². The van der Waals surface area contributed by atoms with Gasteiger partial charge in [0.25, 0.3) is 11.4 Å². The van der Waals surface area contributed by atoms with Crippen molar-refractivity contribution < 1.29 is 19.4 Å². The van der Waals surface area contributed by atoms with Crippen LogP contribution in [-0.4, -0.2) is 21.9 Å². The Morgan fingerprint density at radius 1 is 0.960 bits per heavy atom. The fraction of sp³-hybridized carbons (Fsp3) is 0.588. The summed E-state index contributed by atoms with van der Waals surface area (Å²) in [5.74, 6) is 1.39. The lowest BCUT2D eigenvalue weighted by Crippen LogP contribution is -2.50. The predicted octanol–water partition coefficient (Wildman–Crippen LogP) is 3.48. The Morgan fingerprint density at radius 2 is 1.56 bits per heavy atom. The van der Waals surface area contributed by atoms with Gasteiger partial charge >= 0.3 is 5.97 Å². The number of rotatable bonds is 4. The third-order valence-electron chi connectivity index (χ3n) is 5.99. The van der Waals surface area contributed by atoms with E-state index in [0.717, 1.165) is 55.7 Å². The molecule has 25 heavy (non-hydrogen) atoms. The van der Waals surface area contributed by atoms with Gasteiger partial charge in [0.05, 0.1) is 15.9 Å². The molecule has 0 aliphatic heterocycles. The van der Waals surface area contributed by atoms with Crippen LogP contribution < -0.4 is 0 Å². The van der Waals surface area contributed by atoms with Crippen molar-refractivity contribution in [3.63, 3.8) is 0 Å². The molecule has 5 rings (SSSR count). The van der Waals surface area contributed by atoms with Gasteiger partial charge in [0.2, 0.25) is 0 Å². The van der Waals surface area contributed by atoms with Crippen molar-refractivity contribution in [3.8, 4) is 0 Å². The van der Waals surface area contributed by atoms with Crippen molar-refractivity contribution in [1.82, 2.24) is 0 Å². The Bertz CT molecular complexity index is 734. The number of hydrogen-bond acceptors (Lipinski definition) is 6. The number of hydrogen-bond donors (Lipinski definition) is 0. The van der Waals surface area contributed by atoms with Gasteiger partial charge in [0.1, 0.15) is 11.7 Å². The van der Waals surface area contributed by atoms with Crippen LogP contribution >= 0.6 is 0 Å². The van der Waals surface area contributed by atoms with E-state index in [-0.39, 0.29) is 11.7 Å². The second-order valence-electron chi connectivity index (χ2n) is 7.52. The van der Waals surface area contributed by atoms with Crippen LogP contribution in [0.4, 0.5) is 11.4 Å². The van der Waals surface area contributed by atoms with Crippen molar-refractivity contribution in [2.45, 2.75) is 38.2 Å². The molecular weight excluding hydrogens is 328 g/mol. The van der Waals surface area contributed by atoms with E-state index in [2.05, 4.69) is 0 Å². The molecule has 8 heteroatoms. The molecular formula is C17H18N2O6. The van der Waals surface area contributed by atoms with E-state index in [1.807, 2.05) is 0 Å². The monoisotopic (exact) mass is 346 g/mol. The first-order chi connectivity index (χ1) is 11.9. The SMILES string of the molecule is O=C(OC1C2CC3CC(C2)CC1C3)c1ccc([N+](=O)[O-])cc1[N+](=O)[O-]. The standard InChI is InChI=1S/C17H18N2O6/c20-17(14-2-1-13(18(21)22)8-15(14)19(23)24)25-16-11-4-9-3-10(6-11)7-12(16)5-9/h1-2,8-12,16H,3-7H2. The number of nitro groups is 2. The minimum absolute atomic E-state index is 0.185. The average Bonchev–Trinajstić information content (AvgIpc) is 2.56. The van der Waals surface area contributed by atoms with Crippen LogP contribution in [0.3, 0.4) is 0 Å². The third kappa shape index (κ3) is 2.75. The maximum absolute atomic E-state index is 12.5. The molecule has 132 valence electrons. The van der Waals surface area contributed by atoms with Gasteiger partial charge in [0, 0.05) is 6.07 Å². The number of nitro benzene ring substituents is 2. The summed E-state index contributed by atoms with van der Waals surface area (Å²) in [7, 11) is 0. The van der Waals surface area contributed by atoms with E-state index in [0.29, 0.717) is 11.8 Å². The molecule has 4 fully saturated rings. The molecule has 0 spiro atoms. The van der Waals surface area contributed by atoms with Gasteiger partial charge in [-0.25, -0.2) is 4.79 Å². The highest BCUT2D eigenvalue weighted by Gasteiger charge is 2.50. The largest absolute Gasteiger partial charge is 0.458 e. The highest BCUT2D eigenvalue weighted by Crippen LogP contribution is 2.54. The topological polar surface area (TPSA) is 113 Å². The van der Waals surface area contributed by atoms with E-state index in [4.69, 9.17) is 4.74 Å². The van der Waals surface area contributed by atoms with E-state index in [9.17, 15) is 25.0 Å². The number of carbonyl (C=O) groups is 1. The highest BCUT2D eigenvalue weighted by molar-refractivity contribution is 5.94. The summed E-state index contributed by atoms with van der Waals surface area (Å²) >= 11 is 0. The maximum Gasteiger partial charge on any atom is 0.345 e. The molecule has 0 aromatic heterocycles. The maximum atomic E-state index is 12.5. The number of non-ortho nitro benzene ring substituents is 1. The molecule has 4 saturated carbocycles. The number of esters is 1. The van der Waals surface area contributed by atoms with Crippen molar-refractivity contribution in [2.75, 3.05) is 0 Å². The van der Waals surface area contributed by atoms with Crippen LogP contribution in [0.15, 0.2) is 18.2 Å². The van der Waals surface area contributed by atoms with Crippen LogP contribution in [0.25, 0.3) is 0 Å². The number of benzene rings is 1. The van der Waals surface area contributed by atoms with Gasteiger partial charge in [-0.3, -0.25) is 20.2 Å². The quantitative estimate of drug-likeness (QED) is 0.468. The molecule has 0 radical (unpaired) electrons. The Balaban J connectivity index is 1.57. The summed E-state index contributed by atoms with van der Waals surface area (Å²) in [5, 5.41) is 22.0. The Labute approximate surface area is 143 Å². The lowest BCUT2D eigenvalue weighted by Gasteiger charge is -2.53. The molecule has 8 nitrogen and oxygen atoms in total. The molecule has 0 saturated heterocycles. The van der Waals surface area contributed by atoms with Crippen LogP contribution in [0, 0.1) is 43.9 Å². The number of ether oxygens (including phenoxy) is 1. The second-order valence-corrected chi connectivity index (χ2v) is 7.52. The zero-order valence-corrected chi connectivity index (χ0v) is 13.5. The molecule has 1 aromatic carbocycles. The van der Waals surface area contributed by atoms with E-state index in [1.165, 1.54) is 6.42 Å². The number of nitrogens with zero attached hydrogens (tertiary/aromatic N) is 2. The molecule has 4 aliphatic rings. The summed E-state index contributed by atoms with van der Waals surface area (Å²) in [6.07, 6.45) is 5.35. The van der Waals surface area contributed by atoms with Gasteiger partial charge in [-0.05, 0) is 61.8 Å².